The lowest BCUT2D eigenvalue weighted by Gasteiger charge is -2.02. The van der Waals surface area contributed by atoms with Gasteiger partial charge in [-0.3, -0.25) is 0 Å². The Morgan fingerprint density at radius 2 is 1.62 bits per heavy atom. The van der Waals surface area contributed by atoms with Crippen LogP contribution in [0.3, 0.4) is 0 Å². The van der Waals surface area contributed by atoms with E-state index in [-0.39, 0.29) is 0 Å². The van der Waals surface area contributed by atoms with E-state index < -0.39 is 0 Å². The molecule has 0 aliphatic carbocycles. The van der Waals surface area contributed by atoms with E-state index in [1.54, 1.807) is 0 Å². The summed E-state index contributed by atoms with van der Waals surface area (Å²) < 4.78 is 0. The van der Waals surface area contributed by atoms with Gasteiger partial charge in [-0.15, -0.1) is 0 Å². The molecule has 0 nitrogen and oxygen atoms in total. The van der Waals surface area contributed by atoms with Gasteiger partial charge in [0.05, 0.1) is 0 Å². The Morgan fingerprint density at radius 3 is 2.25 bits per heavy atom. The molecule has 0 unspecified atom stereocenters. The van der Waals surface area contributed by atoms with E-state index in [1.165, 1.54) is 0 Å². The van der Waals surface area contributed by atoms with Gasteiger partial charge in [-0.25, -0.2) is 0 Å². The topological polar surface area (TPSA) is 0 Å². The fourth-order valence-electron chi connectivity index (χ4n) is 1.57. The molecule has 0 spiro atoms. The van der Waals surface area contributed by atoms with Crippen LogP contribution in [0.2, 0.25) is 0 Å². The minimum atomic E-state index is 1.02. The normalized spacial score (nSPS) is 9.75. The predicted molar refractivity (Wildman–Crippen MR) is 70.9 cm³/mol. The molecule has 2 aromatic carbocycles. The van der Waals surface area contributed by atoms with Crippen molar-refractivity contribution in [2.75, 3.05) is 0 Å². The molecule has 0 atom stereocenters. The Labute approximate surface area is 96.6 Å². The maximum Gasteiger partial charge on any atom is -0.00208 e. The summed E-state index contributed by atoms with van der Waals surface area (Å²) in [7, 11) is 0. The minimum absolute atomic E-state index is 1.02. The van der Waals surface area contributed by atoms with E-state index in [4.69, 9.17) is 0 Å². The number of hydrogen-bond donors (Lipinski definition) is 0. The lowest BCUT2D eigenvalue weighted by atomic mass is 10.0. The van der Waals surface area contributed by atoms with E-state index in [9.17, 15) is 0 Å². The van der Waals surface area contributed by atoms with Gasteiger partial charge < -0.3 is 0 Å². The van der Waals surface area contributed by atoms with E-state index in [1.807, 2.05) is 24.3 Å². The maximum atomic E-state index is 3.75. The van der Waals surface area contributed by atoms with Gasteiger partial charge in [0.25, 0.3) is 0 Å². The van der Waals surface area contributed by atoms with Crippen molar-refractivity contribution in [3.8, 4) is 11.1 Å². The van der Waals surface area contributed by atoms with Crippen LogP contribution in [-0.2, 0) is 0 Å². The van der Waals surface area contributed by atoms with Gasteiger partial charge in [0.15, 0.2) is 0 Å². The molecule has 0 aromatic heterocycles. The molecule has 0 aliphatic rings. The Hall–Kier alpha value is -2.08. The van der Waals surface area contributed by atoms with Crippen molar-refractivity contribution in [2.24, 2.45) is 0 Å². The van der Waals surface area contributed by atoms with Crippen molar-refractivity contribution in [3.05, 3.63) is 72.8 Å². The van der Waals surface area contributed by atoms with Gasteiger partial charge >= 0.3 is 0 Å². The monoisotopic (exact) mass is 205 g/mol. The van der Waals surface area contributed by atoms with Crippen molar-refractivity contribution in [2.45, 2.75) is 0 Å². The first-order valence-corrected chi connectivity index (χ1v) is 5.21. The molecular weight excluding hydrogens is 192 g/mol. The molecule has 0 saturated heterocycles. The van der Waals surface area contributed by atoms with Crippen molar-refractivity contribution in [1.29, 1.82) is 0 Å². The largest absolute Gasteiger partial charge is 0.0985 e. The standard InChI is InChI=1S/C16H13/c1-3-13-8-10-15(11-9-13)16-7-5-6-14(4-2)12-16/h3-11H,1-2H2. The number of rotatable bonds is 3. The van der Waals surface area contributed by atoms with Crippen LogP contribution in [0.5, 0.6) is 0 Å². The highest BCUT2D eigenvalue weighted by atomic mass is 14.0. The molecule has 1 radical (unpaired) electrons. The van der Waals surface area contributed by atoms with E-state index in [0.717, 1.165) is 22.3 Å². The van der Waals surface area contributed by atoms with Crippen LogP contribution >= 0.6 is 0 Å². The SMILES string of the molecule is C=Cc1[c]c(-c2ccc(C=C)cc2)ccc1. The third-order valence-corrected chi connectivity index (χ3v) is 2.49. The number of benzene rings is 2. The van der Waals surface area contributed by atoms with Crippen LogP contribution in [0, 0.1) is 6.07 Å². The van der Waals surface area contributed by atoms with Gasteiger partial charge in [-0.2, -0.15) is 0 Å². The minimum Gasteiger partial charge on any atom is -0.0985 e. The van der Waals surface area contributed by atoms with Crippen LogP contribution in [0.1, 0.15) is 11.1 Å². The molecule has 2 rings (SSSR count). The fraction of sp³-hybridized carbons (Fsp3) is 0. The summed E-state index contributed by atoms with van der Waals surface area (Å²) in [4.78, 5) is 0. The molecule has 0 aliphatic heterocycles. The lowest BCUT2D eigenvalue weighted by Crippen LogP contribution is -1.80. The van der Waals surface area contributed by atoms with Crippen molar-refractivity contribution in [1.82, 2.24) is 0 Å². The second-order valence-corrected chi connectivity index (χ2v) is 3.55. The Morgan fingerprint density at radius 1 is 0.875 bits per heavy atom. The quantitative estimate of drug-likeness (QED) is 0.695. The summed E-state index contributed by atoms with van der Waals surface area (Å²) in [5, 5.41) is 0. The molecule has 0 bridgehead atoms. The molecule has 0 saturated carbocycles. The first-order chi connectivity index (χ1) is 7.83. The van der Waals surface area contributed by atoms with Crippen molar-refractivity contribution < 1.29 is 0 Å². The van der Waals surface area contributed by atoms with Crippen LogP contribution in [0.15, 0.2) is 55.6 Å². The molecular formula is C16H13. The first kappa shape index (κ1) is 10.4. The molecule has 0 fully saturated rings. The van der Waals surface area contributed by atoms with Crippen LogP contribution in [0.25, 0.3) is 23.3 Å². The van der Waals surface area contributed by atoms with Crippen molar-refractivity contribution in [3.63, 3.8) is 0 Å². The molecule has 77 valence electrons. The molecule has 0 heteroatoms. The van der Waals surface area contributed by atoms with Gasteiger partial charge in [0.1, 0.15) is 0 Å². The second-order valence-electron chi connectivity index (χ2n) is 3.55. The van der Waals surface area contributed by atoms with E-state index >= 15 is 0 Å². The van der Waals surface area contributed by atoms with Gasteiger partial charge in [0, 0.05) is 0 Å². The molecule has 0 N–H and O–H groups in total. The van der Waals surface area contributed by atoms with Crippen LogP contribution < -0.4 is 0 Å². The van der Waals surface area contributed by atoms with E-state index in [2.05, 4.69) is 49.6 Å². The molecule has 2 aromatic rings. The van der Waals surface area contributed by atoms with E-state index in [0.29, 0.717) is 0 Å². The highest BCUT2D eigenvalue weighted by molar-refractivity contribution is 5.67. The summed E-state index contributed by atoms with van der Waals surface area (Å²) in [6.45, 7) is 7.49. The summed E-state index contributed by atoms with van der Waals surface area (Å²) >= 11 is 0. The third-order valence-electron chi connectivity index (χ3n) is 2.49. The predicted octanol–water partition coefficient (Wildman–Crippen LogP) is 4.44. The molecule has 0 heterocycles. The summed E-state index contributed by atoms with van der Waals surface area (Å²) in [6, 6.07) is 17.6. The first-order valence-electron chi connectivity index (χ1n) is 5.21. The summed E-state index contributed by atoms with van der Waals surface area (Å²) in [6.07, 6.45) is 3.65. The van der Waals surface area contributed by atoms with Gasteiger partial charge in [0.2, 0.25) is 0 Å². The van der Waals surface area contributed by atoms with Gasteiger partial charge in [-0.05, 0) is 28.3 Å². The zero-order valence-electron chi connectivity index (χ0n) is 9.11. The fourth-order valence-corrected chi connectivity index (χ4v) is 1.57. The molecule has 0 amide bonds. The smallest absolute Gasteiger partial charge is 0.00208 e. The lowest BCUT2D eigenvalue weighted by molar-refractivity contribution is 1.57. The summed E-state index contributed by atoms with van der Waals surface area (Å²) in [5.74, 6) is 0. The number of hydrogen-bond acceptors (Lipinski definition) is 0. The Kier molecular flexibility index (Phi) is 3.02. The molecule has 16 heavy (non-hydrogen) atoms. The third kappa shape index (κ3) is 2.12. The zero-order valence-corrected chi connectivity index (χ0v) is 9.11. The Balaban J connectivity index is 2.41. The zero-order chi connectivity index (χ0) is 11.4. The second kappa shape index (κ2) is 4.63. The average molecular weight is 205 g/mol. The van der Waals surface area contributed by atoms with Crippen LogP contribution in [-0.4, -0.2) is 0 Å². The average Bonchev–Trinajstić information content (AvgIpc) is 2.39. The van der Waals surface area contributed by atoms with Gasteiger partial charge in [-0.1, -0.05) is 67.8 Å². The highest BCUT2D eigenvalue weighted by Gasteiger charge is 1.97. The Bertz CT molecular complexity index is 504. The highest BCUT2D eigenvalue weighted by Crippen LogP contribution is 2.20. The van der Waals surface area contributed by atoms with Crippen molar-refractivity contribution >= 4 is 12.2 Å². The summed E-state index contributed by atoms with van der Waals surface area (Å²) in [5.41, 5.74) is 4.40. The maximum absolute atomic E-state index is 3.75. The van der Waals surface area contributed by atoms with Crippen LogP contribution in [0.4, 0.5) is 0 Å².